The van der Waals surface area contributed by atoms with Gasteiger partial charge in [0.2, 0.25) is 0 Å². The van der Waals surface area contributed by atoms with Crippen LogP contribution in [-0.2, 0) is 17.5 Å². The number of rotatable bonds is 5. The van der Waals surface area contributed by atoms with E-state index < -0.39 is 17.7 Å². The van der Waals surface area contributed by atoms with E-state index in [1.165, 1.54) is 23.1 Å². The Morgan fingerprint density at radius 2 is 1.41 bits per heavy atom. The fourth-order valence-electron chi connectivity index (χ4n) is 4.58. The zero-order valence-corrected chi connectivity index (χ0v) is 19.4. The van der Waals surface area contributed by atoms with Crippen molar-refractivity contribution >= 4 is 28.7 Å². The molecule has 0 saturated heterocycles. The summed E-state index contributed by atoms with van der Waals surface area (Å²) in [7, 11) is 0. The summed E-state index contributed by atoms with van der Waals surface area (Å²) in [5.74, 6) is -1.45. The maximum absolute atomic E-state index is 14.0. The van der Waals surface area contributed by atoms with E-state index in [0.717, 1.165) is 12.1 Å². The molecule has 4 aromatic carbocycles. The van der Waals surface area contributed by atoms with Gasteiger partial charge in [0.05, 0.1) is 28.9 Å². The van der Waals surface area contributed by atoms with Crippen molar-refractivity contribution in [2.45, 2.75) is 12.7 Å². The van der Waals surface area contributed by atoms with E-state index >= 15 is 0 Å². The highest BCUT2D eigenvalue weighted by Crippen LogP contribution is 2.44. The number of carboxylic acids is 1. The molecule has 0 fully saturated rings. The molecule has 37 heavy (non-hydrogen) atoms. The zero-order chi connectivity index (χ0) is 26.2. The summed E-state index contributed by atoms with van der Waals surface area (Å²) < 4.78 is 40.8. The van der Waals surface area contributed by atoms with Crippen molar-refractivity contribution in [3.63, 3.8) is 0 Å². The quantitative estimate of drug-likeness (QED) is 0.304. The summed E-state index contributed by atoms with van der Waals surface area (Å²) in [5, 5.41) is 9.36. The number of carbonyl (C=O) groups is 2. The first-order chi connectivity index (χ1) is 17.7. The van der Waals surface area contributed by atoms with Gasteiger partial charge in [0, 0.05) is 11.1 Å². The number of anilines is 1. The third-order valence-corrected chi connectivity index (χ3v) is 6.23. The van der Waals surface area contributed by atoms with E-state index in [0.29, 0.717) is 28.0 Å². The minimum Gasteiger partial charge on any atom is -0.478 e. The van der Waals surface area contributed by atoms with Crippen molar-refractivity contribution in [1.29, 1.82) is 0 Å². The highest BCUT2D eigenvalue weighted by Gasteiger charge is 2.36. The molecule has 1 amide bonds. The predicted molar refractivity (Wildman–Crippen MR) is 135 cm³/mol. The van der Waals surface area contributed by atoms with E-state index in [9.17, 15) is 27.9 Å². The first-order valence-electron chi connectivity index (χ1n) is 11.4. The SMILES string of the molecule is O=C(O)c1cccc(CN2C(=O)/C(=C(\c3ccccc3)c3cccc(C(F)(F)F)c3)c3ccccc32)c1. The largest absolute Gasteiger partial charge is 0.478 e. The monoisotopic (exact) mass is 499 g/mol. The van der Waals surface area contributed by atoms with Crippen LogP contribution in [0.2, 0.25) is 0 Å². The number of carbonyl (C=O) groups excluding carboxylic acids is 1. The van der Waals surface area contributed by atoms with Crippen molar-refractivity contribution in [1.82, 2.24) is 0 Å². The van der Waals surface area contributed by atoms with Crippen LogP contribution in [0.15, 0.2) is 103 Å². The fraction of sp³-hybridized carbons (Fsp3) is 0.0667. The minimum atomic E-state index is -4.54. The molecule has 5 rings (SSSR count). The maximum Gasteiger partial charge on any atom is 0.416 e. The lowest BCUT2D eigenvalue weighted by molar-refractivity contribution is -0.137. The molecular weight excluding hydrogens is 479 g/mol. The Kier molecular flexibility index (Phi) is 6.13. The summed E-state index contributed by atoms with van der Waals surface area (Å²) in [6.07, 6.45) is -4.54. The normalized spacial score (nSPS) is 14.5. The Balaban J connectivity index is 1.71. The first-order valence-corrected chi connectivity index (χ1v) is 11.4. The summed E-state index contributed by atoms with van der Waals surface area (Å²) in [5.41, 5.74) is 2.67. The van der Waals surface area contributed by atoms with Crippen LogP contribution in [-0.4, -0.2) is 17.0 Å². The van der Waals surface area contributed by atoms with Crippen molar-refractivity contribution in [2.75, 3.05) is 4.90 Å². The second kappa shape index (κ2) is 9.43. The molecule has 1 heterocycles. The van der Waals surface area contributed by atoms with Crippen LogP contribution in [0.3, 0.4) is 0 Å². The molecule has 4 nitrogen and oxygen atoms in total. The smallest absolute Gasteiger partial charge is 0.416 e. The van der Waals surface area contributed by atoms with Crippen LogP contribution < -0.4 is 4.90 Å². The number of benzene rings is 4. The molecule has 0 aromatic heterocycles. The van der Waals surface area contributed by atoms with E-state index in [2.05, 4.69) is 0 Å². The van der Waals surface area contributed by atoms with Crippen LogP contribution >= 0.6 is 0 Å². The molecule has 0 radical (unpaired) electrons. The molecule has 7 heteroatoms. The number of aromatic carboxylic acids is 1. The molecule has 4 aromatic rings. The second-order valence-corrected chi connectivity index (χ2v) is 8.61. The minimum absolute atomic E-state index is 0.0992. The molecule has 0 spiro atoms. The first kappa shape index (κ1) is 24.1. The number of halogens is 3. The summed E-state index contributed by atoms with van der Waals surface area (Å²) in [4.78, 5) is 27.0. The third kappa shape index (κ3) is 4.63. The lowest BCUT2D eigenvalue weighted by Gasteiger charge is -2.18. The topological polar surface area (TPSA) is 57.6 Å². The van der Waals surface area contributed by atoms with Gasteiger partial charge in [-0.1, -0.05) is 72.8 Å². The van der Waals surface area contributed by atoms with Crippen LogP contribution in [0.4, 0.5) is 18.9 Å². The number of hydrogen-bond acceptors (Lipinski definition) is 2. The Labute approximate surface area is 210 Å². The molecule has 1 N–H and O–H groups in total. The Hall–Kier alpha value is -4.65. The lowest BCUT2D eigenvalue weighted by Crippen LogP contribution is -2.26. The number of para-hydroxylation sites is 1. The van der Waals surface area contributed by atoms with Gasteiger partial charge in [-0.25, -0.2) is 4.79 Å². The van der Waals surface area contributed by atoms with Crippen molar-refractivity contribution < 1.29 is 27.9 Å². The van der Waals surface area contributed by atoms with Gasteiger partial charge in [-0.05, 0) is 47.0 Å². The molecule has 1 aliphatic heterocycles. The highest BCUT2D eigenvalue weighted by molar-refractivity contribution is 6.38. The maximum atomic E-state index is 14.0. The molecule has 184 valence electrons. The molecule has 0 atom stereocenters. The number of carboxylic acid groups (broad SMARTS) is 1. The molecule has 0 unspecified atom stereocenters. The number of nitrogens with zero attached hydrogens (tertiary/aromatic N) is 1. The average molecular weight is 499 g/mol. The zero-order valence-electron chi connectivity index (χ0n) is 19.4. The molecule has 0 saturated carbocycles. The number of fused-ring (bicyclic) bond motifs is 1. The predicted octanol–water partition coefficient (Wildman–Crippen LogP) is 6.91. The van der Waals surface area contributed by atoms with Crippen LogP contribution in [0.5, 0.6) is 0 Å². The van der Waals surface area contributed by atoms with E-state index in [4.69, 9.17) is 0 Å². The lowest BCUT2D eigenvalue weighted by atomic mass is 9.89. The van der Waals surface area contributed by atoms with Gasteiger partial charge in [0.15, 0.2) is 0 Å². The Morgan fingerprint density at radius 1 is 0.757 bits per heavy atom. The van der Waals surface area contributed by atoms with Gasteiger partial charge >= 0.3 is 12.1 Å². The number of hydrogen-bond donors (Lipinski definition) is 1. The van der Waals surface area contributed by atoms with E-state index in [1.807, 2.05) is 0 Å². The molecule has 1 aliphatic rings. The van der Waals surface area contributed by atoms with Crippen molar-refractivity contribution in [2.24, 2.45) is 0 Å². The van der Waals surface area contributed by atoms with Gasteiger partial charge in [0.25, 0.3) is 5.91 Å². The van der Waals surface area contributed by atoms with Gasteiger partial charge in [0.1, 0.15) is 0 Å². The van der Waals surface area contributed by atoms with Gasteiger partial charge in [-0.15, -0.1) is 0 Å². The van der Waals surface area contributed by atoms with Crippen LogP contribution in [0.1, 0.15) is 38.2 Å². The van der Waals surface area contributed by atoms with Crippen LogP contribution in [0.25, 0.3) is 11.1 Å². The fourth-order valence-corrected chi connectivity index (χ4v) is 4.58. The molecule has 0 bridgehead atoms. The van der Waals surface area contributed by atoms with Gasteiger partial charge in [-0.3, -0.25) is 4.79 Å². The van der Waals surface area contributed by atoms with Crippen LogP contribution in [0, 0.1) is 0 Å². The summed E-state index contributed by atoms with van der Waals surface area (Å²) in [6.45, 7) is 0.102. The number of amides is 1. The van der Waals surface area contributed by atoms with E-state index in [1.54, 1.807) is 72.8 Å². The summed E-state index contributed by atoms with van der Waals surface area (Å²) >= 11 is 0. The van der Waals surface area contributed by atoms with Crippen molar-refractivity contribution in [3.05, 3.63) is 137 Å². The molecular formula is C30H20F3NO3. The van der Waals surface area contributed by atoms with Crippen molar-refractivity contribution in [3.8, 4) is 0 Å². The number of alkyl halides is 3. The summed E-state index contributed by atoms with van der Waals surface area (Å²) in [6, 6.07) is 27.2. The average Bonchev–Trinajstić information content (AvgIpc) is 3.16. The van der Waals surface area contributed by atoms with Gasteiger partial charge in [-0.2, -0.15) is 13.2 Å². The highest BCUT2D eigenvalue weighted by atomic mass is 19.4. The van der Waals surface area contributed by atoms with Gasteiger partial charge < -0.3 is 10.0 Å². The second-order valence-electron chi connectivity index (χ2n) is 8.61. The Bertz CT molecular complexity index is 1540. The molecule has 0 aliphatic carbocycles. The van der Waals surface area contributed by atoms with E-state index in [-0.39, 0.29) is 29.2 Å². The standard InChI is InChI=1S/C30H20F3NO3/c31-30(32,33)23-13-7-11-21(17-23)26(20-9-2-1-3-10-20)27-24-14-4-5-15-25(24)34(28(27)35)18-19-8-6-12-22(16-19)29(36)37/h1-17H,18H2,(H,36,37)/b27-26+. The third-order valence-electron chi connectivity index (χ3n) is 6.23. The Morgan fingerprint density at radius 3 is 2.14 bits per heavy atom.